The van der Waals surface area contributed by atoms with Crippen molar-refractivity contribution in [2.45, 2.75) is 44.1 Å². The number of benzene rings is 4. The van der Waals surface area contributed by atoms with E-state index >= 15 is 0 Å². The predicted octanol–water partition coefficient (Wildman–Crippen LogP) is 7.90. The van der Waals surface area contributed by atoms with Gasteiger partial charge in [0, 0.05) is 43.1 Å². The van der Waals surface area contributed by atoms with Crippen LogP contribution in [-0.2, 0) is 44.5 Å². The van der Waals surface area contributed by atoms with Gasteiger partial charge in [0.1, 0.15) is 51.7 Å². The summed E-state index contributed by atoms with van der Waals surface area (Å²) in [4.78, 5) is 26.3. The molecule has 0 amide bonds. The van der Waals surface area contributed by atoms with E-state index in [4.69, 9.17) is 42.4 Å². The van der Waals surface area contributed by atoms with E-state index in [1.54, 1.807) is 36.4 Å². The molecular weight excluding hydrogens is 920 g/mol. The molecule has 0 bridgehead atoms. The maximum Gasteiger partial charge on any atom is 0.323 e. The Balaban J connectivity index is 1.53. The molecular formula is C40H42Cl2N8O12S2. The molecule has 64 heavy (non-hydrogen) atoms. The first-order valence-electron chi connectivity index (χ1n) is 19.1. The van der Waals surface area contributed by atoms with Crippen molar-refractivity contribution in [2.75, 3.05) is 44.6 Å². The normalized spacial score (nSPS) is 11.9. The molecule has 0 aliphatic heterocycles. The Morgan fingerprint density at radius 1 is 0.750 bits per heavy atom. The number of hydrogen-bond acceptors (Lipinski definition) is 17. The standard InChI is InChI=1S/C40H42Cl2N8O12S2/c1-4-12-61-34-20-31(48-46-27-8-6-24(23-51)7-9-27)29(41)15-25(34)17-37-43-38(45-40(44-37)50(2)22-39(52)53)18-26-16-30(42)32(21-35(26)62-13-5-14-63(54,55)56)49-47-28-10-11-33(60-3)36(19-28)64(57,58)59/h6-11,15-16,19-21,51H,4-5,12-14,17-18,22-23H2,1-3H3,(H,52,53)(H,54,55,56)(H,57,58,59). The summed E-state index contributed by atoms with van der Waals surface area (Å²) >= 11 is 13.4. The van der Waals surface area contributed by atoms with E-state index in [2.05, 4.69) is 30.4 Å². The molecule has 24 heteroatoms. The molecule has 4 N–H and O–H groups in total. The first-order valence-corrected chi connectivity index (χ1v) is 22.9. The second-order valence-electron chi connectivity index (χ2n) is 13.8. The second kappa shape index (κ2) is 22.2. The van der Waals surface area contributed by atoms with Gasteiger partial charge in [0.25, 0.3) is 20.2 Å². The van der Waals surface area contributed by atoms with Crippen LogP contribution in [0.2, 0.25) is 10.0 Å². The first-order chi connectivity index (χ1) is 30.3. The number of carboxylic acids is 1. The van der Waals surface area contributed by atoms with E-state index in [1.165, 1.54) is 43.3 Å². The molecule has 0 aliphatic carbocycles. The maximum absolute atomic E-state index is 11.9. The number of aliphatic carboxylic acids is 1. The van der Waals surface area contributed by atoms with Crippen molar-refractivity contribution in [3.63, 3.8) is 0 Å². The summed E-state index contributed by atoms with van der Waals surface area (Å²) in [6, 6.07) is 16.7. The van der Waals surface area contributed by atoms with Crippen LogP contribution in [0.4, 0.5) is 28.7 Å². The third kappa shape index (κ3) is 14.3. The van der Waals surface area contributed by atoms with Gasteiger partial charge in [-0.3, -0.25) is 13.9 Å². The van der Waals surface area contributed by atoms with E-state index < -0.39 is 43.4 Å². The Morgan fingerprint density at radius 3 is 1.80 bits per heavy atom. The molecule has 4 aromatic carbocycles. The largest absolute Gasteiger partial charge is 0.495 e. The molecule has 0 unspecified atom stereocenters. The van der Waals surface area contributed by atoms with E-state index in [0.717, 1.165) is 6.07 Å². The number of hydrogen-bond donors (Lipinski definition) is 4. The number of likely N-dealkylation sites (N-methyl/N-ethyl adjacent to an activating group) is 1. The van der Waals surface area contributed by atoms with Crippen LogP contribution in [0, 0.1) is 0 Å². The topological polar surface area (TPSA) is 285 Å². The lowest BCUT2D eigenvalue weighted by Gasteiger charge is -2.18. The minimum atomic E-state index is -4.69. The highest BCUT2D eigenvalue weighted by atomic mass is 35.5. The number of nitrogens with zero attached hydrogens (tertiary/aromatic N) is 8. The molecule has 0 aliphatic rings. The van der Waals surface area contributed by atoms with E-state index in [0.29, 0.717) is 46.8 Å². The highest BCUT2D eigenvalue weighted by Crippen LogP contribution is 2.38. The van der Waals surface area contributed by atoms with Crippen LogP contribution < -0.4 is 19.1 Å². The molecule has 0 saturated heterocycles. The van der Waals surface area contributed by atoms with E-state index in [1.807, 2.05) is 6.92 Å². The highest BCUT2D eigenvalue weighted by molar-refractivity contribution is 7.86. The zero-order chi connectivity index (χ0) is 46.6. The van der Waals surface area contributed by atoms with Gasteiger partial charge in [-0.15, -0.1) is 10.2 Å². The van der Waals surface area contributed by atoms with Crippen molar-refractivity contribution in [2.24, 2.45) is 20.5 Å². The van der Waals surface area contributed by atoms with E-state index in [-0.39, 0.29) is 83.0 Å². The van der Waals surface area contributed by atoms with Crippen molar-refractivity contribution >= 4 is 78.1 Å². The van der Waals surface area contributed by atoms with Gasteiger partial charge in [-0.2, -0.15) is 37.0 Å². The fraction of sp³-hybridized carbons (Fsp3) is 0.300. The van der Waals surface area contributed by atoms with Gasteiger partial charge >= 0.3 is 5.97 Å². The number of halogens is 2. The Morgan fingerprint density at radius 2 is 1.30 bits per heavy atom. The minimum absolute atomic E-state index is 0.00799. The van der Waals surface area contributed by atoms with Crippen molar-refractivity contribution in [3.8, 4) is 17.2 Å². The number of carboxylic acid groups (broad SMARTS) is 1. The summed E-state index contributed by atoms with van der Waals surface area (Å²) in [5.74, 6) is -0.981. The third-order valence-electron chi connectivity index (χ3n) is 8.74. The molecule has 5 rings (SSSR count). The lowest BCUT2D eigenvalue weighted by atomic mass is 10.1. The number of azo groups is 2. The van der Waals surface area contributed by atoms with Gasteiger partial charge in [0.2, 0.25) is 5.95 Å². The number of ether oxygens (including phenoxy) is 3. The summed E-state index contributed by atoms with van der Waals surface area (Å²) < 4.78 is 82.7. The van der Waals surface area contributed by atoms with Crippen molar-refractivity contribution in [1.82, 2.24) is 15.0 Å². The third-order valence-corrected chi connectivity index (χ3v) is 11.0. The summed E-state index contributed by atoms with van der Waals surface area (Å²) in [6.07, 6.45) is 0.509. The number of aliphatic hydroxyl groups is 1. The highest BCUT2D eigenvalue weighted by Gasteiger charge is 2.21. The summed E-state index contributed by atoms with van der Waals surface area (Å²) in [7, 11) is -6.28. The summed E-state index contributed by atoms with van der Waals surface area (Å²) in [5.41, 5.74) is 2.54. The van der Waals surface area contributed by atoms with Crippen molar-refractivity contribution < 1.29 is 55.2 Å². The number of aliphatic hydroxyl groups excluding tert-OH is 1. The number of carbonyl (C=O) groups is 1. The fourth-order valence-corrected chi connectivity index (χ4v) is 7.33. The summed E-state index contributed by atoms with van der Waals surface area (Å²) in [5, 5.41) is 36.0. The lowest BCUT2D eigenvalue weighted by Crippen LogP contribution is -2.28. The van der Waals surface area contributed by atoms with Gasteiger partial charge in [-0.05, 0) is 60.9 Å². The Hall–Kier alpha value is -5.88. The average molecular weight is 962 g/mol. The molecule has 0 fully saturated rings. The van der Waals surface area contributed by atoms with Crippen LogP contribution in [0.5, 0.6) is 17.2 Å². The van der Waals surface area contributed by atoms with Crippen molar-refractivity contribution in [3.05, 3.63) is 105 Å². The summed E-state index contributed by atoms with van der Waals surface area (Å²) in [6.45, 7) is 1.51. The van der Waals surface area contributed by atoms with Gasteiger partial charge in [0.15, 0.2) is 0 Å². The zero-order valence-corrected chi connectivity index (χ0v) is 37.6. The van der Waals surface area contributed by atoms with Crippen LogP contribution in [-0.4, -0.2) is 96.7 Å². The van der Waals surface area contributed by atoms with Crippen LogP contribution >= 0.6 is 23.2 Å². The maximum atomic E-state index is 11.9. The van der Waals surface area contributed by atoms with Crippen LogP contribution in [0.1, 0.15) is 48.1 Å². The molecule has 1 aromatic heterocycles. The lowest BCUT2D eigenvalue weighted by molar-refractivity contribution is -0.135. The monoisotopic (exact) mass is 960 g/mol. The first kappa shape index (κ1) is 49.1. The van der Waals surface area contributed by atoms with Crippen LogP contribution in [0.25, 0.3) is 0 Å². The molecule has 0 radical (unpaired) electrons. The Bertz CT molecular complexity index is 2760. The number of methoxy groups -OCH3 is 1. The van der Waals surface area contributed by atoms with Gasteiger partial charge < -0.3 is 29.3 Å². The SMILES string of the molecule is CCCOc1cc(N=Nc2ccc(CO)cc2)c(Cl)cc1Cc1nc(Cc2cc(Cl)c(N=Nc3ccc(OC)c(S(=O)(=O)O)c3)cc2OCCCS(=O)(=O)O)nc(N(C)CC(=O)O)n1. The van der Waals surface area contributed by atoms with Gasteiger partial charge in [0.05, 0.1) is 54.1 Å². The number of anilines is 1. The Kier molecular flexibility index (Phi) is 17.0. The molecule has 340 valence electrons. The smallest absolute Gasteiger partial charge is 0.323 e. The quantitative estimate of drug-likeness (QED) is 0.0291. The predicted molar refractivity (Wildman–Crippen MR) is 235 cm³/mol. The zero-order valence-electron chi connectivity index (χ0n) is 34.4. The molecule has 20 nitrogen and oxygen atoms in total. The molecule has 0 spiro atoms. The number of rotatable bonds is 22. The minimum Gasteiger partial charge on any atom is -0.495 e. The van der Waals surface area contributed by atoms with Crippen LogP contribution in [0.15, 0.2) is 92.1 Å². The average Bonchev–Trinajstić information content (AvgIpc) is 3.23. The Labute approximate surface area is 378 Å². The molecule has 0 atom stereocenters. The second-order valence-corrected chi connectivity index (χ2v) is 17.5. The van der Waals surface area contributed by atoms with Gasteiger partial charge in [-0.25, -0.2) is 4.98 Å². The van der Waals surface area contributed by atoms with Crippen molar-refractivity contribution in [1.29, 1.82) is 0 Å². The molecule has 5 aromatic rings. The molecule has 0 saturated carbocycles. The number of aromatic nitrogens is 3. The van der Waals surface area contributed by atoms with Crippen LogP contribution in [0.3, 0.4) is 0 Å². The fourth-order valence-electron chi connectivity index (χ4n) is 5.72. The molecule has 1 heterocycles. The van der Waals surface area contributed by atoms with Gasteiger partial charge in [-0.1, -0.05) is 42.3 Å². The van der Waals surface area contributed by atoms with E-state index in [9.17, 15) is 40.9 Å².